The molecule has 0 spiro atoms. The highest BCUT2D eigenvalue weighted by Crippen LogP contribution is 2.59. The van der Waals surface area contributed by atoms with E-state index in [1.54, 1.807) is 0 Å². The molecule has 0 aromatic rings. The number of rotatable bonds is 5. The summed E-state index contributed by atoms with van der Waals surface area (Å²) in [6.07, 6.45) is 8.38. The number of hydrogen-bond donors (Lipinski definition) is 0. The van der Waals surface area contributed by atoms with Crippen molar-refractivity contribution in [2.45, 2.75) is 38.5 Å². The van der Waals surface area contributed by atoms with Crippen LogP contribution in [0.3, 0.4) is 0 Å². The molecule has 4 aliphatic rings. The lowest BCUT2D eigenvalue weighted by molar-refractivity contribution is -0.163. The van der Waals surface area contributed by atoms with E-state index in [9.17, 15) is 4.79 Å². The van der Waals surface area contributed by atoms with Crippen molar-refractivity contribution in [3.05, 3.63) is 0 Å². The fraction of sp³-hybridized carbons (Fsp3) is 0.929. The zero-order valence-electron chi connectivity index (χ0n) is 10.7. The summed E-state index contributed by atoms with van der Waals surface area (Å²) >= 11 is 3.07. The van der Waals surface area contributed by atoms with Gasteiger partial charge in [0.05, 0.1) is 6.61 Å². The SMILES string of the molecule is O=C(CBr)OCOCC12CC3CC(CC(C3)C1)C2. The van der Waals surface area contributed by atoms with Crippen molar-refractivity contribution in [1.29, 1.82) is 0 Å². The van der Waals surface area contributed by atoms with Gasteiger partial charge in [-0.3, -0.25) is 4.79 Å². The average Bonchev–Trinajstić information content (AvgIpc) is 2.32. The van der Waals surface area contributed by atoms with Crippen molar-refractivity contribution < 1.29 is 14.3 Å². The number of ether oxygens (including phenoxy) is 2. The van der Waals surface area contributed by atoms with Crippen molar-refractivity contribution in [3.63, 3.8) is 0 Å². The fourth-order valence-electron chi connectivity index (χ4n) is 4.87. The van der Waals surface area contributed by atoms with Crippen LogP contribution in [0.1, 0.15) is 38.5 Å². The highest BCUT2D eigenvalue weighted by Gasteiger charge is 2.50. The lowest BCUT2D eigenvalue weighted by Crippen LogP contribution is -2.48. The Morgan fingerprint density at radius 3 is 2.17 bits per heavy atom. The maximum absolute atomic E-state index is 11.0. The molecule has 102 valence electrons. The molecule has 0 aliphatic heterocycles. The molecule has 0 saturated heterocycles. The van der Waals surface area contributed by atoms with Gasteiger partial charge in [0, 0.05) is 0 Å². The summed E-state index contributed by atoms with van der Waals surface area (Å²) in [6.45, 7) is 0.901. The third-order valence-electron chi connectivity index (χ3n) is 4.99. The number of esters is 1. The monoisotopic (exact) mass is 316 g/mol. The predicted octanol–water partition coefficient (Wildman–Crippen LogP) is 3.12. The van der Waals surface area contributed by atoms with E-state index in [0.717, 1.165) is 24.4 Å². The number of carbonyl (C=O) groups is 1. The summed E-state index contributed by atoms with van der Waals surface area (Å²) in [6, 6.07) is 0. The smallest absolute Gasteiger partial charge is 0.318 e. The number of hydrogen-bond acceptors (Lipinski definition) is 3. The molecule has 0 atom stereocenters. The van der Waals surface area contributed by atoms with Crippen molar-refractivity contribution in [1.82, 2.24) is 0 Å². The first-order chi connectivity index (χ1) is 8.69. The van der Waals surface area contributed by atoms with Gasteiger partial charge in [0.1, 0.15) is 5.33 Å². The van der Waals surface area contributed by atoms with Gasteiger partial charge in [0.25, 0.3) is 0 Å². The van der Waals surface area contributed by atoms with E-state index in [1.165, 1.54) is 38.5 Å². The third-order valence-corrected chi connectivity index (χ3v) is 5.44. The number of alkyl halides is 1. The summed E-state index contributed by atoms with van der Waals surface area (Å²) in [4.78, 5) is 11.0. The normalized spacial score (nSPS) is 41.1. The zero-order valence-corrected chi connectivity index (χ0v) is 12.3. The molecule has 4 heteroatoms. The van der Waals surface area contributed by atoms with Crippen LogP contribution in [0.5, 0.6) is 0 Å². The first kappa shape index (κ1) is 12.9. The van der Waals surface area contributed by atoms with Crippen LogP contribution in [-0.4, -0.2) is 24.7 Å². The number of carbonyl (C=O) groups excluding carboxylic acids is 1. The maximum Gasteiger partial charge on any atom is 0.318 e. The maximum atomic E-state index is 11.0. The summed E-state index contributed by atoms with van der Waals surface area (Å²) in [5.41, 5.74) is 0.412. The molecule has 4 saturated carbocycles. The molecule has 0 aromatic heterocycles. The molecule has 4 fully saturated rings. The fourth-order valence-corrected chi connectivity index (χ4v) is 5.03. The van der Waals surface area contributed by atoms with Gasteiger partial charge in [-0.15, -0.1) is 0 Å². The zero-order chi connectivity index (χ0) is 12.6. The van der Waals surface area contributed by atoms with Gasteiger partial charge in [-0.1, -0.05) is 15.9 Å². The molecule has 0 heterocycles. The highest BCUT2D eigenvalue weighted by atomic mass is 79.9. The van der Waals surface area contributed by atoms with Crippen LogP contribution < -0.4 is 0 Å². The molecule has 18 heavy (non-hydrogen) atoms. The lowest BCUT2D eigenvalue weighted by Gasteiger charge is -2.56. The minimum atomic E-state index is -0.250. The van der Waals surface area contributed by atoms with Crippen molar-refractivity contribution in [3.8, 4) is 0 Å². The predicted molar refractivity (Wildman–Crippen MR) is 71.3 cm³/mol. The quantitative estimate of drug-likeness (QED) is 0.338. The van der Waals surface area contributed by atoms with Gasteiger partial charge in [0.2, 0.25) is 0 Å². The van der Waals surface area contributed by atoms with E-state index in [-0.39, 0.29) is 18.1 Å². The molecule has 0 N–H and O–H groups in total. The van der Waals surface area contributed by atoms with Crippen LogP contribution in [0.15, 0.2) is 0 Å². The Bertz CT molecular complexity index is 294. The average molecular weight is 317 g/mol. The Balaban J connectivity index is 1.49. The summed E-state index contributed by atoms with van der Waals surface area (Å²) < 4.78 is 10.6. The summed E-state index contributed by atoms with van der Waals surface area (Å²) in [5, 5.41) is 0.244. The van der Waals surface area contributed by atoms with E-state index < -0.39 is 0 Å². The highest BCUT2D eigenvalue weighted by molar-refractivity contribution is 9.09. The van der Waals surface area contributed by atoms with Gasteiger partial charge in [-0.2, -0.15) is 0 Å². The molecule has 0 unspecified atom stereocenters. The molecule has 4 aliphatic carbocycles. The Morgan fingerprint density at radius 1 is 1.11 bits per heavy atom. The Hall–Kier alpha value is -0.0900. The van der Waals surface area contributed by atoms with Crippen LogP contribution >= 0.6 is 15.9 Å². The molecule has 4 rings (SSSR count). The second kappa shape index (κ2) is 5.12. The van der Waals surface area contributed by atoms with Crippen LogP contribution in [-0.2, 0) is 14.3 Å². The van der Waals surface area contributed by atoms with Crippen molar-refractivity contribution in [2.75, 3.05) is 18.7 Å². The third kappa shape index (κ3) is 2.60. The van der Waals surface area contributed by atoms with Crippen molar-refractivity contribution in [2.24, 2.45) is 23.2 Å². The van der Waals surface area contributed by atoms with Crippen LogP contribution in [0.2, 0.25) is 0 Å². The molecular formula is C14H21BrO3. The molecular weight excluding hydrogens is 296 g/mol. The first-order valence-electron chi connectivity index (χ1n) is 6.98. The molecule has 0 aromatic carbocycles. The van der Waals surface area contributed by atoms with E-state index in [4.69, 9.17) is 9.47 Å². The first-order valence-corrected chi connectivity index (χ1v) is 8.11. The van der Waals surface area contributed by atoms with Gasteiger partial charge >= 0.3 is 5.97 Å². The molecule has 3 nitrogen and oxygen atoms in total. The van der Waals surface area contributed by atoms with Crippen LogP contribution in [0.4, 0.5) is 0 Å². The second-order valence-corrected chi connectivity index (χ2v) is 7.09. The topological polar surface area (TPSA) is 35.5 Å². The Kier molecular flexibility index (Phi) is 3.68. The molecule has 4 bridgehead atoms. The van der Waals surface area contributed by atoms with E-state index in [0.29, 0.717) is 5.41 Å². The summed E-state index contributed by atoms with van der Waals surface area (Å²) in [7, 11) is 0. The largest absolute Gasteiger partial charge is 0.438 e. The minimum absolute atomic E-state index is 0.117. The van der Waals surface area contributed by atoms with Crippen LogP contribution in [0, 0.1) is 23.2 Å². The van der Waals surface area contributed by atoms with E-state index in [2.05, 4.69) is 15.9 Å². The standard InChI is InChI=1S/C14H21BrO3/c15-7-13(16)18-9-17-8-14-4-10-1-11(5-14)3-12(2-10)6-14/h10-12H,1-9H2. The van der Waals surface area contributed by atoms with Crippen LogP contribution in [0.25, 0.3) is 0 Å². The number of halogens is 1. The van der Waals surface area contributed by atoms with Gasteiger partial charge in [-0.05, 0) is 61.7 Å². The van der Waals surface area contributed by atoms with E-state index in [1.807, 2.05) is 0 Å². The Morgan fingerprint density at radius 2 is 1.67 bits per heavy atom. The van der Waals surface area contributed by atoms with Gasteiger partial charge in [-0.25, -0.2) is 0 Å². The van der Waals surface area contributed by atoms with Gasteiger partial charge < -0.3 is 9.47 Å². The second-order valence-electron chi connectivity index (χ2n) is 6.53. The molecule has 0 radical (unpaired) electrons. The summed E-state index contributed by atoms with van der Waals surface area (Å²) in [5.74, 6) is 2.60. The minimum Gasteiger partial charge on any atom is -0.438 e. The van der Waals surface area contributed by atoms with E-state index >= 15 is 0 Å². The Labute approximate surface area is 117 Å². The molecule has 0 amide bonds. The lowest BCUT2D eigenvalue weighted by atomic mass is 9.50. The van der Waals surface area contributed by atoms with Crippen molar-refractivity contribution >= 4 is 21.9 Å². The van der Waals surface area contributed by atoms with Gasteiger partial charge in [0.15, 0.2) is 6.79 Å².